The third-order valence-electron chi connectivity index (χ3n) is 5.82. The van der Waals surface area contributed by atoms with Crippen molar-refractivity contribution in [3.8, 4) is 17.2 Å². The highest BCUT2D eigenvalue weighted by Gasteiger charge is 2.45. The molecule has 2 aliphatic rings. The Bertz CT molecular complexity index is 1330. The largest absolute Gasteiger partial charge is 0.508 e. The van der Waals surface area contributed by atoms with Crippen LogP contribution in [0.3, 0.4) is 0 Å². The van der Waals surface area contributed by atoms with Crippen molar-refractivity contribution >= 4 is 29.1 Å². The van der Waals surface area contributed by atoms with Gasteiger partial charge in [0.1, 0.15) is 29.3 Å². The monoisotopic (exact) mass is 466 g/mol. The molecule has 10 heteroatoms. The van der Waals surface area contributed by atoms with Crippen molar-refractivity contribution in [2.45, 2.75) is 39.9 Å². The average Bonchev–Trinajstić information content (AvgIpc) is 3.08. The highest BCUT2D eigenvalue weighted by atomic mass is 19.1. The smallest absolute Gasteiger partial charge is 0.342 e. The SMILES string of the molecule is CCOC(=O)c1c2c(Nc3ncc(F)c(Nc4ccc(C)c(O)c4)n3)c3c(c1C(C)O2)OC3C. The first-order chi connectivity index (χ1) is 16.3. The van der Waals surface area contributed by atoms with E-state index in [9.17, 15) is 14.3 Å². The summed E-state index contributed by atoms with van der Waals surface area (Å²) in [5.74, 6) is -0.199. The van der Waals surface area contributed by atoms with Crippen molar-refractivity contribution in [2.75, 3.05) is 17.2 Å². The Hall–Kier alpha value is -4.08. The lowest BCUT2D eigenvalue weighted by Gasteiger charge is -2.32. The molecule has 0 spiro atoms. The number of phenols is 1. The molecule has 176 valence electrons. The molecule has 0 amide bonds. The van der Waals surface area contributed by atoms with Crippen LogP contribution in [0.1, 0.15) is 60.0 Å². The number of carbonyl (C=O) groups excluding carboxylic acids is 1. The van der Waals surface area contributed by atoms with Gasteiger partial charge in [-0.1, -0.05) is 6.07 Å². The number of carbonyl (C=O) groups is 1. The van der Waals surface area contributed by atoms with Gasteiger partial charge in [-0.05, 0) is 39.3 Å². The number of benzene rings is 2. The zero-order valence-corrected chi connectivity index (χ0v) is 19.0. The Morgan fingerprint density at radius 3 is 2.62 bits per heavy atom. The van der Waals surface area contributed by atoms with E-state index in [2.05, 4.69) is 20.6 Å². The number of hydrogen-bond acceptors (Lipinski definition) is 9. The van der Waals surface area contributed by atoms with Gasteiger partial charge in [0.2, 0.25) is 5.95 Å². The lowest BCUT2D eigenvalue weighted by molar-refractivity contribution is 0.0524. The zero-order chi connectivity index (χ0) is 24.1. The molecule has 9 nitrogen and oxygen atoms in total. The van der Waals surface area contributed by atoms with Gasteiger partial charge in [0.15, 0.2) is 17.4 Å². The molecule has 34 heavy (non-hydrogen) atoms. The molecule has 0 saturated carbocycles. The highest BCUT2D eigenvalue weighted by Crippen LogP contribution is 2.59. The standard InChI is InChI=1S/C24H23FN4O5/c1-5-32-23(31)18-16-11(3)34-21(18)19(17-12(4)33-20(16)17)28-24-26-9-14(25)22(29-24)27-13-7-6-10(2)15(30)8-13/h6-9,11-12,30H,5H2,1-4H3,(H2,26,27,28,29). The van der Waals surface area contributed by atoms with Crippen molar-refractivity contribution < 1.29 is 28.5 Å². The Morgan fingerprint density at radius 2 is 1.91 bits per heavy atom. The number of nitrogens with zero attached hydrogens (tertiary/aromatic N) is 2. The van der Waals surface area contributed by atoms with E-state index >= 15 is 0 Å². The molecular weight excluding hydrogens is 443 g/mol. The minimum atomic E-state index is -0.674. The van der Waals surface area contributed by atoms with Crippen molar-refractivity contribution in [3.63, 3.8) is 0 Å². The van der Waals surface area contributed by atoms with Crippen LogP contribution in [0.5, 0.6) is 17.2 Å². The number of nitrogens with one attached hydrogen (secondary N) is 2. The lowest BCUT2D eigenvalue weighted by Crippen LogP contribution is -2.21. The summed E-state index contributed by atoms with van der Waals surface area (Å²) in [5.41, 5.74) is 3.43. The van der Waals surface area contributed by atoms with Crippen LogP contribution in [-0.4, -0.2) is 27.7 Å². The maximum atomic E-state index is 14.5. The van der Waals surface area contributed by atoms with Gasteiger partial charge in [-0.2, -0.15) is 4.98 Å². The van der Waals surface area contributed by atoms with Crippen LogP contribution in [0.15, 0.2) is 24.4 Å². The molecule has 2 aliphatic heterocycles. The number of anilines is 4. The van der Waals surface area contributed by atoms with Crippen molar-refractivity contribution in [2.24, 2.45) is 0 Å². The number of aryl methyl sites for hydroxylation is 1. The topological polar surface area (TPSA) is 115 Å². The molecule has 2 unspecified atom stereocenters. The second-order valence-corrected chi connectivity index (χ2v) is 8.12. The van der Waals surface area contributed by atoms with Gasteiger partial charge in [0, 0.05) is 11.8 Å². The first-order valence-electron chi connectivity index (χ1n) is 10.9. The fourth-order valence-electron chi connectivity index (χ4n) is 4.16. The number of esters is 1. The predicted molar refractivity (Wildman–Crippen MR) is 122 cm³/mol. The molecule has 3 N–H and O–H groups in total. The molecule has 0 fully saturated rings. The number of aromatic hydroxyl groups is 1. The van der Waals surface area contributed by atoms with E-state index in [1.807, 2.05) is 13.8 Å². The van der Waals surface area contributed by atoms with E-state index in [1.165, 1.54) is 6.07 Å². The van der Waals surface area contributed by atoms with Gasteiger partial charge < -0.3 is 30.0 Å². The molecular formula is C24H23FN4O5. The molecule has 1 aromatic heterocycles. The molecule has 3 heterocycles. The number of ether oxygens (including phenoxy) is 3. The van der Waals surface area contributed by atoms with E-state index in [0.717, 1.165) is 11.8 Å². The van der Waals surface area contributed by atoms with Gasteiger partial charge in [0.25, 0.3) is 0 Å². The molecule has 0 aliphatic carbocycles. The van der Waals surface area contributed by atoms with Crippen LogP contribution in [0.25, 0.3) is 0 Å². The summed E-state index contributed by atoms with van der Waals surface area (Å²) in [7, 11) is 0. The predicted octanol–water partition coefficient (Wildman–Crippen LogP) is 5.20. The number of hydrogen-bond donors (Lipinski definition) is 3. The van der Waals surface area contributed by atoms with E-state index in [-0.39, 0.29) is 30.2 Å². The molecule has 2 bridgehead atoms. The van der Waals surface area contributed by atoms with Crippen LogP contribution in [-0.2, 0) is 4.74 Å². The summed E-state index contributed by atoms with van der Waals surface area (Å²) in [6.07, 6.45) is 0.391. The summed E-state index contributed by atoms with van der Waals surface area (Å²) in [6.45, 7) is 7.41. The van der Waals surface area contributed by atoms with E-state index in [1.54, 1.807) is 26.0 Å². The Balaban J connectivity index is 1.53. The van der Waals surface area contributed by atoms with Gasteiger partial charge >= 0.3 is 5.97 Å². The fourth-order valence-corrected chi connectivity index (χ4v) is 4.16. The van der Waals surface area contributed by atoms with Crippen LogP contribution in [0.2, 0.25) is 0 Å². The second-order valence-electron chi connectivity index (χ2n) is 8.12. The third kappa shape index (κ3) is 3.42. The van der Waals surface area contributed by atoms with E-state index in [0.29, 0.717) is 39.6 Å². The Labute approximate surface area is 194 Å². The normalized spacial score (nSPS) is 17.2. The third-order valence-corrected chi connectivity index (χ3v) is 5.82. The molecule has 2 atom stereocenters. The van der Waals surface area contributed by atoms with Crippen LogP contribution < -0.4 is 20.1 Å². The lowest BCUT2D eigenvalue weighted by atomic mass is 9.92. The van der Waals surface area contributed by atoms with Crippen molar-refractivity contribution in [1.29, 1.82) is 0 Å². The molecule has 5 rings (SSSR count). The maximum Gasteiger partial charge on any atom is 0.342 e. The highest BCUT2D eigenvalue weighted by molar-refractivity contribution is 6.01. The number of fused-ring (bicyclic) bond motifs is 4. The molecule has 0 saturated heterocycles. The minimum absolute atomic E-state index is 0.0759. The summed E-state index contributed by atoms with van der Waals surface area (Å²) >= 11 is 0. The Morgan fingerprint density at radius 1 is 1.18 bits per heavy atom. The molecule has 2 aromatic carbocycles. The summed E-state index contributed by atoms with van der Waals surface area (Å²) in [4.78, 5) is 21.0. The van der Waals surface area contributed by atoms with Gasteiger partial charge in [-0.3, -0.25) is 0 Å². The number of aromatic nitrogens is 2. The number of halogens is 1. The molecule has 3 aromatic rings. The van der Waals surface area contributed by atoms with Crippen molar-refractivity contribution in [1.82, 2.24) is 9.97 Å². The van der Waals surface area contributed by atoms with E-state index in [4.69, 9.17) is 14.2 Å². The quantitative estimate of drug-likeness (QED) is 0.422. The van der Waals surface area contributed by atoms with E-state index < -0.39 is 17.9 Å². The van der Waals surface area contributed by atoms with Crippen LogP contribution >= 0.6 is 0 Å². The fraction of sp³-hybridized carbons (Fsp3) is 0.292. The average molecular weight is 466 g/mol. The Kier molecular flexibility index (Phi) is 5.15. The van der Waals surface area contributed by atoms with Gasteiger partial charge in [0.05, 0.1) is 29.6 Å². The van der Waals surface area contributed by atoms with Crippen LogP contribution in [0, 0.1) is 12.7 Å². The number of rotatable bonds is 6. The maximum absolute atomic E-state index is 14.5. The second kappa shape index (κ2) is 8.05. The first-order valence-corrected chi connectivity index (χ1v) is 10.9. The zero-order valence-electron chi connectivity index (χ0n) is 19.0. The first kappa shape index (κ1) is 21.7. The number of phenolic OH excluding ortho intramolecular Hbond substituents is 1. The molecule has 0 radical (unpaired) electrons. The summed E-state index contributed by atoms with van der Waals surface area (Å²) < 4.78 is 31.5. The minimum Gasteiger partial charge on any atom is -0.508 e. The van der Waals surface area contributed by atoms with Gasteiger partial charge in [-0.25, -0.2) is 14.2 Å². The van der Waals surface area contributed by atoms with Gasteiger partial charge in [-0.15, -0.1) is 0 Å². The summed E-state index contributed by atoms with van der Waals surface area (Å²) in [6, 6.07) is 4.88. The van der Waals surface area contributed by atoms with Crippen LogP contribution in [0.4, 0.5) is 27.5 Å². The van der Waals surface area contributed by atoms with Crippen molar-refractivity contribution in [3.05, 3.63) is 52.5 Å². The summed E-state index contributed by atoms with van der Waals surface area (Å²) in [5, 5.41) is 15.9.